The zero-order valence-corrected chi connectivity index (χ0v) is 11.2. The Kier molecular flexibility index (Phi) is 3.72. The van der Waals surface area contributed by atoms with E-state index in [0.717, 1.165) is 0 Å². The molecule has 0 radical (unpaired) electrons. The van der Waals surface area contributed by atoms with E-state index in [9.17, 15) is 4.39 Å². The number of nitrogen functional groups attached to an aromatic ring is 1. The molecule has 0 saturated carbocycles. The Hall–Kier alpha value is -1.75. The fourth-order valence-electron chi connectivity index (χ4n) is 1.43. The lowest BCUT2D eigenvalue weighted by Crippen LogP contribution is -1.93. The van der Waals surface area contributed by atoms with Crippen LogP contribution in [-0.2, 0) is 0 Å². The molecule has 2 rings (SSSR count). The number of hydrogen-bond donors (Lipinski definition) is 1. The number of anilines is 1. The topological polar surface area (TPSA) is 44.5 Å². The van der Waals surface area contributed by atoms with Gasteiger partial charge in [0.05, 0.1) is 17.3 Å². The molecule has 2 aromatic carbocycles. The fraction of sp³-hybridized carbons (Fsp3) is 0.0769. The zero-order valence-electron chi connectivity index (χ0n) is 9.61. The highest BCUT2D eigenvalue weighted by atomic mass is 79.9. The van der Waals surface area contributed by atoms with Gasteiger partial charge in [0.1, 0.15) is 23.1 Å². The van der Waals surface area contributed by atoms with E-state index in [2.05, 4.69) is 15.9 Å². The van der Waals surface area contributed by atoms with Gasteiger partial charge in [-0.05, 0) is 40.2 Å². The number of hydrogen-bond acceptors (Lipinski definition) is 3. The molecule has 0 unspecified atom stereocenters. The summed E-state index contributed by atoms with van der Waals surface area (Å²) in [5.41, 5.74) is 6.21. The minimum atomic E-state index is -0.380. The molecule has 2 N–H and O–H groups in total. The maximum Gasteiger partial charge on any atom is 0.145 e. The molecular weight excluding hydrogens is 301 g/mol. The SMILES string of the molecule is COc1cc(Oc2ccc(Br)c(F)c2)ccc1N. The van der Waals surface area contributed by atoms with Gasteiger partial charge in [0.25, 0.3) is 0 Å². The van der Waals surface area contributed by atoms with E-state index in [1.54, 1.807) is 30.3 Å². The van der Waals surface area contributed by atoms with Gasteiger partial charge >= 0.3 is 0 Å². The first-order valence-corrected chi connectivity index (χ1v) is 5.96. The minimum Gasteiger partial charge on any atom is -0.494 e. The van der Waals surface area contributed by atoms with Crippen molar-refractivity contribution in [2.75, 3.05) is 12.8 Å². The number of rotatable bonds is 3. The number of nitrogens with two attached hydrogens (primary N) is 1. The van der Waals surface area contributed by atoms with Crippen molar-refractivity contribution in [1.29, 1.82) is 0 Å². The van der Waals surface area contributed by atoms with Crippen LogP contribution in [0, 0.1) is 5.82 Å². The van der Waals surface area contributed by atoms with E-state index in [-0.39, 0.29) is 5.82 Å². The van der Waals surface area contributed by atoms with E-state index in [1.807, 2.05) is 0 Å². The van der Waals surface area contributed by atoms with Crippen LogP contribution in [0.15, 0.2) is 40.9 Å². The van der Waals surface area contributed by atoms with Gasteiger partial charge in [0, 0.05) is 12.1 Å². The number of benzene rings is 2. The third-order valence-electron chi connectivity index (χ3n) is 2.33. The summed E-state index contributed by atoms with van der Waals surface area (Å²) >= 11 is 3.08. The van der Waals surface area contributed by atoms with Crippen LogP contribution < -0.4 is 15.2 Å². The van der Waals surface area contributed by atoms with Crippen LogP contribution in [0.3, 0.4) is 0 Å². The van der Waals surface area contributed by atoms with Gasteiger partial charge < -0.3 is 15.2 Å². The normalized spacial score (nSPS) is 10.2. The molecule has 0 amide bonds. The average molecular weight is 312 g/mol. The second-order valence-electron chi connectivity index (χ2n) is 3.58. The molecule has 0 saturated heterocycles. The zero-order chi connectivity index (χ0) is 13.1. The van der Waals surface area contributed by atoms with Crippen molar-refractivity contribution in [3.05, 3.63) is 46.7 Å². The van der Waals surface area contributed by atoms with E-state index >= 15 is 0 Å². The van der Waals surface area contributed by atoms with Crippen molar-refractivity contribution in [3.63, 3.8) is 0 Å². The lowest BCUT2D eigenvalue weighted by atomic mass is 10.3. The predicted molar refractivity (Wildman–Crippen MR) is 71.6 cm³/mol. The molecule has 0 spiro atoms. The summed E-state index contributed by atoms with van der Waals surface area (Å²) in [7, 11) is 1.52. The number of halogens is 2. The van der Waals surface area contributed by atoms with Gasteiger partial charge in [-0.2, -0.15) is 0 Å². The lowest BCUT2D eigenvalue weighted by molar-refractivity contribution is 0.411. The Balaban J connectivity index is 2.25. The standard InChI is InChI=1S/C13H11BrFNO2/c1-17-13-7-9(3-5-12(13)16)18-8-2-4-10(14)11(15)6-8/h2-7H,16H2,1H3. The van der Waals surface area contributed by atoms with E-state index in [4.69, 9.17) is 15.2 Å². The summed E-state index contributed by atoms with van der Waals surface area (Å²) in [5.74, 6) is 1.07. The van der Waals surface area contributed by atoms with Crippen LogP contribution in [0.1, 0.15) is 0 Å². The predicted octanol–water partition coefficient (Wildman–Crippen LogP) is 3.97. The molecule has 0 aromatic heterocycles. The van der Waals surface area contributed by atoms with Crippen LogP contribution in [0.2, 0.25) is 0 Å². The summed E-state index contributed by atoms with van der Waals surface area (Å²) in [6.45, 7) is 0. The van der Waals surface area contributed by atoms with Crippen LogP contribution >= 0.6 is 15.9 Å². The Morgan fingerprint density at radius 3 is 2.44 bits per heavy atom. The second-order valence-corrected chi connectivity index (χ2v) is 4.44. The Labute approximate surface area is 112 Å². The van der Waals surface area contributed by atoms with Gasteiger partial charge in [0.15, 0.2) is 0 Å². The molecule has 0 heterocycles. The van der Waals surface area contributed by atoms with Crippen molar-refractivity contribution in [2.24, 2.45) is 0 Å². The van der Waals surface area contributed by atoms with Crippen molar-refractivity contribution >= 4 is 21.6 Å². The van der Waals surface area contributed by atoms with Gasteiger partial charge in [-0.3, -0.25) is 0 Å². The molecule has 0 bridgehead atoms. The molecule has 0 fully saturated rings. The molecule has 3 nitrogen and oxygen atoms in total. The number of ether oxygens (including phenoxy) is 2. The average Bonchev–Trinajstić information content (AvgIpc) is 2.36. The summed E-state index contributed by atoms with van der Waals surface area (Å²) in [5, 5.41) is 0. The Morgan fingerprint density at radius 2 is 1.78 bits per heavy atom. The molecule has 0 aliphatic rings. The first kappa shape index (κ1) is 12.7. The van der Waals surface area contributed by atoms with Crippen molar-refractivity contribution < 1.29 is 13.9 Å². The molecule has 2 aromatic rings. The highest BCUT2D eigenvalue weighted by Crippen LogP contribution is 2.30. The van der Waals surface area contributed by atoms with Gasteiger partial charge in [0.2, 0.25) is 0 Å². The Bertz CT molecular complexity index is 575. The summed E-state index contributed by atoms with van der Waals surface area (Å²) in [6.07, 6.45) is 0. The van der Waals surface area contributed by atoms with E-state index in [1.165, 1.54) is 13.2 Å². The van der Waals surface area contributed by atoms with Gasteiger partial charge in [-0.15, -0.1) is 0 Å². The second kappa shape index (κ2) is 5.27. The molecular formula is C13H11BrFNO2. The van der Waals surface area contributed by atoms with Gasteiger partial charge in [-0.1, -0.05) is 0 Å². The van der Waals surface area contributed by atoms with Crippen LogP contribution in [0.25, 0.3) is 0 Å². The molecule has 0 aliphatic heterocycles. The summed E-state index contributed by atoms with van der Waals surface area (Å²) in [6, 6.07) is 9.55. The lowest BCUT2D eigenvalue weighted by Gasteiger charge is -2.09. The first-order chi connectivity index (χ1) is 8.60. The van der Waals surface area contributed by atoms with Gasteiger partial charge in [-0.25, -0.2) is 4.39 Å². The minimum absolute atomic E-state index is 0.380. The van der Waals surface area contributed by atoms with Crippen LogP contribution in [0.4, 0.5) is 10.1 Å². The molecule has 94 valence electrons. The van der Waals surface area contributed by atoms with Crippen LogP contribution in [-0.4, -0.2) is 7.11 Å². The highest BCUT2D eigenvalue weighted by Gasteiger charge is 2.05. The molecule has 0 atom stereocenters. The highest BCUT2D eigenvalue weighted by molar-refractivity contribution is 9.10. The fourth-order valence-corrected chi connectivity index (χ4v) is 1.68. The van der Waals surface area contributed by atoms with Crippen LogP contribution in [0.5, 0.6) is 17.2 Å². The quantitative estimate of drug-likeness (QED) is 0.872. The first-order valence-electron chi connectivity index (χ1n) is 5.16. The largest absolute Gasteiger partial charge is 0.494 e. The number of methoxy groups -OCH3 is 1. The molecule has 5 heteroatoms. The monoisotopic (exact) mass is 311 g/mol. The third-order valence-corrected chi connectivity index (χ3v) is 2.97. The molecule has 0 aliphatic carbocycles. The maximum absolute atomic E-state index is 13.3. The van der Waals surface area contributed by atoms with Crippen molar-refractivity contribution in [1.82, 2.24) is 0 Å². The van der Waals surface area contributed by atoms with E-state index < -0.39 is 0 Å². The van der Waals surface area contributed by atoms with E-state index in [0.29, 0.717) is 27.4 Å². The summed E-state index contributed by atoms with van der Waals surface area (Å²) < 4.78 is 24.3. The Morgan fingerprint density at radius 1 is 1.11 bits per heavy atom. The molecule has 18 heavy (non-hydrogen) atoms. The third kappa shape index (κ3) is 2.73. The maximum atomic E-state index is 13.3. The van der Waals surface area contributed by atoms with Crippen molar-refractivity contribution in [3.8, 4) is 17.2 Å². The summed E-state index contributed by atoms with van der Waals surface area (Å²) in [4.78, 5) is 0. The van der Waals surface area contributed by atoms with Crippen molar-refractivity contribution in [2.45, 2.75) is 0 Å². The smallest absolute Gasteiger partial charge is 0.145 e.